The molecule has 1 atom stereocenters. The second-order valence-electron chi connectivity index (χ2n) is 2.77. The standard InChI is InChI=1S/C10H13ClOS/c1-8-3-5-9(6-4-8)13-7-10(11)12-2/h3-6,10H,7H2,1-2H3. The monoisotopic (exact) mass is 216 g/mol. The molecular formula is C10H13ClOS. The van der Waals surface area contributed by atoms with Gasteiger partial charge in [-0.3, -0.25) is 0 Å². The van der Waals surface area contributed by atoms with Crippen LogP contribution in [0.25, 0.3) is 0 Å². The largest absolute Gasteiger partial charge is 0.365 e. The van der Waals surface area contributed by atoms with Gasteiger partial charge < -0.3 is 4.74 Å². The van der Waals surface area contributed by atoms with E-state index in [9.17, 15) is 0 Å². The Morgan fingerprint density at radius 2 is 2.00 bits per heavy atom. The van der Waals surface area contributed by atoms with Crippen LogP contribution in [0.15, 0.2) is 29.2 Å². The van der Waals surface area contributed by atoms with Gasteiger partial charge in [-0.05, 0) is 19.1 Å². The molecule has 0 saturated heterocycles. The summed E-state index contributed by atoms with van der Waals surface area (Å²) in [5, 5.41) is 0. The van der Waals surface area contributed by atoms with Gasteiger partial charge in [-0.25, -0.2) is 0 Å². The number of alkyl halides is 1. The van der Waals surface area contributed by atoms with Crippen LogP contribution in [0, 0.1) is 6.92 Å². The van der Waals surface area contributed by atoms with Gasteiger partial charge in [-0.15, -0.1) is 11.8 Å². The fourth-order valence-electron chi connectivity index (χ4n) is 0.864. The zero-order valence-corrected chi connectivity index (χ0v) is 9.36. The lowest BCUT2D eigenvalue weighted by molar-refractivity contribution is 0.185. The molecule has 0 aliphatic heterocycles. The number of methoxy groups -OCH3 is 1. The summed E-state index contributed by atoms with van der Waals surface area (Å²) < 4.78 is 4.94. The van der Waals surface area contributed by atoms with Crippen molar-refractivity contribution in [3.05, 3.63) is 29.8 Å². The second-order valence-corrected chi connectivity index (χ2v) is 4.35. The van der Waals surface area contributed by atoms with Crippen molar-refractivity contribution in [2.75, 3.05) is 12.9 Å². The number of ether oxygens (including phenoxy) is 1. The third-order valence-corrected chi connectivity index (χ3v) is 3.25. The van der Waals surface area contributed by atoms with Crippen LogP contribution in [0.1, 0.15) is 5.56 Å². The van der Waals surface area contributed by atoms with E-state index in [2.05, 4.69) is 31.2 Å². The molecule has 0 amide bonds. The van der Waals surface area contributed by atoms with Crippen molar-refractivity contribution in [3.8, 4) is 0 Å². The molecule has 0 spiro atoms. The molecule has 0 aromatic heterocycles. The van der Waals surface area contributed by atoms with E-state index < -0.39 is 0 Å². The fraction of sp³-hybridized carbons (Fsp3) is 0.400. The summed E-state index contributed by atoms with van der Waals surface area (Å²) in [5.74, 6) is 0.779. The van der Waals surface area contributed by atoms with Crippen LogP contribution in [0.3, 0.4) is 0 Å². The van der Waals surface area contributed by atoms with E-state index >= 15 is 0 Å². The SMILES string of the molecule is COC(Cl)CSc1ccc(C)cc1. The molecule has 0 aliphatic carbocycles. The normalized spacial score (nSPS) is 12.8. The van der Waals surface area contributed by atoms with Gasteiger partial charge in [0.1, 0.15) is 5.56 Å². The number of halogens is 1. The minimum atomic E-state index is -0.202. The average Bonchev–Trinajstić information content (AvgIpc) is 2.16. The van der Waals surface area contributed by atoms with Crippen LogP contribution in [0.5, 0.6) is 0 Å². The summed E-state index contributed by atoms with van der Waals surface area (Å²) >= 11 is 7.51. The molecule has 1 nitrogen and oxygen atoms in total. The highest BCUT2D eigenvalue weighted by Gasteiger charge is 2.02. The Morgan fingerprint density at radius 1 is 1.38 bits per heavy atom. The molecule has 0 N–H and O–H groups in total. The van der Waals surface area contributed by atoms with Crippen LogP contribution in [-0.2, 0) is 4.74 Å². The maximum absolute atomic E-state index is 5.80. The first-order valence-electron chi connectivity index (χ1n) is 4.08. The Hall–Kier alpha value is -0.180. The molecule has 1 rings (SSSR count). The predicted molar refractivity (Wildman–Crippen MR) is 58.6 cm³/mol. The zero-order chi connectivity index (χ0) is 9.68. The van der Waals surface area contributed by atoms with E-state index in [-0.39, 0.29) is 5.56 Å². The van der Waals surface area contributed by atoms with Gasteiger partial charge in [-0.1, -0.05) is 29.3 Å². The molecule has 0 bridgehead atoms. The molecule has 0 saturated carbocycles. The number of aryl methyl sites for hydroxylation is 1. The van der Waals surface area contributed by atoms with Crippen molar-refractivity contribution < 1.29 is 4.74 Å². The van der Waals surface area contributed by atoms with Gasteiger partial charge in [0.15, 0.2) is 0 Å². The molecule has 72 valence electrons. The predicted octanol–water partition coefficient (Wildman–Crippen LogP) is 3.30. The molecule has 0 heterocycles. The maximum Gasteiger partial charge on any atom is 0.140 e. The van der Waals surface area contributed by atoms with E-state index in [0.717, 1.165) is 5.75 Å². The van der Waals surface area contributed by atoms with Gasteiger partial charge >= 0.3 is 0 Å². The average molecular weight is 217 g/mol. The third kappa shape index (κ3) is 4.03. The number of hydrogen-bond donors (Lipinski definition) is 0. The Morgan fingerprint density at radius 3 is 2.54 bits per heavy atom. The van der Waals surface area contributed by atoms with E-state index in [1.807, 2.05) is 0 Å². The number of rotatable bonds is 4. The summed E-state index contributed by atoms with van der Waals surface area (Å²) in [5.41, 5.74) is 1.07. The van der Waals surface area contributed by atoms with Gasteiger partial charge in [-0.2, -0.15) is 0 Å². The summed E-state index contributed by atoms with van der Waals surface area (Å²) in [6, 6.07) is 8.38. The summed E-state index contributed by atoms with van der Waals surface area (Å²) in [6.45, 7) is 2.08. The minimum absolute atomic E-state index is 0.202. The van der Waals surface area contributed by atoms with Crippen molar-refractivity contribution in [1.82, 2.24) is 0 Å². The summed E-state index contributed by atoms with van der Waals surface area (Å²) in [4.78, 5) is 1.23. The molecule has 1 aromatic rings. The minimum Gasteiger partial charge on any atom is -0.365 e. The van der Waals surface area contributed by atoms with Crippen LogP contribution in [-0.4, -0.2) is 18.4 Å². The van der Waals surface area contributed by atoms with E-state index in [1.54, 1.807) is 18.9 Å². The summed E-state index contributed by atoms with van der Waals surface area (Å²) in [6.07, 6.45) is 0. The van der Waals surface area contributed by atoms with Gasteiger partial charge in [0.25, 0.3) is 0 Å². The Labute approximate surface area is 88.4 Å². The number of thioether (sulfide) groups is 1. The van der Waals surface area contributed by atoms with Crippen LogP contribution in [0.4, 0.5) is 0 Å². The molecule has 0 radical (unpaired) electrons. The topological polar surface area (TPSA) is 9.23 Å². The molecular weight excluding hydrogens is 204 g/mol. The zero-order valence-electron chi connectivity index (χ0n) is 7.79. The van der Waals surface area contributed by atoms with Gasteiger partial charge in [0, 0.05) is 17.8 Å². The molecule has 13 heavy (non-hydrogen) atoms. The highest BCUT2D eigenvalue weighted by molar-refractivity contribution is 7.99. The Kier molecular flexibility index (Phi) is 4.64. The second kappa shape index (κ2) is 5.53. The van der Waals surface area contributed by atoms with Crippen molar-refractivity contribution >= 4 is 23.4 Å². The van der Waals surface area contributed by atoms with Crippen molar-refractivity contribution in [2.45, 2.75) is 17.4 Å². The van der Waals surface area contributed by atoms with E-state index in [1.165, 1.54) is 10.5 Å². The Balaban J connectivity index is 2.41. The van der Waals surface area contributed by atoms with Crippen LogP contribution in [0.2, 0.25) is 0 Å². The maximum atomic E-state index is 5.80. The first kappa shape index (κ1) is 10.9. The lowest BCUT2D eigenvalue weighted by Crippen LogP contribution is -2.03. The first-order valence-corrected chi connectivity index (χ1v) is 5.51. The molecule has 3 heteroatoms. The van der Waals surface area contributed by atoms with Crippen LogP contribution < -0.4 is 0 Å². The smallest absolute Gasteiger partial charge is 0.140 e. The van der Waals surface area contributed by atoms with Gasteiger partial charge in [0.2, 0.25) is 0 Å². The van der Waals surface area contributed by atoms with Crippen molar-refractivity contribution in [1.29, 1.82) is 0 Å². The number of hydrogen-bond acceptors (Lipinski definition) is 2. The highest BCUT2D eigenvalue weighted by atomic mass is 35.5. The molecule has 0 fully saturated rings. The molecule has 1 unspecified atom stereocenters. The molecule has 1 aromatic carbocycles. The molecule has 0 aliphatic rings. The lowest BCUT2D eigenvalue weighted by atomic mass is 10.2. The van der Waals surface area contributed by atoms with E-state index in [4.69, 9.17) is 16.3 Å². The fourth-order valence-corrected chi connectivity index (χ4v) is 1.84. The highest BCUT2D eigenvalue weighted by Crippen LogP contribution is 2.20. The van der Waals surface area contributed by atoms with Crippen LogP contribution >= 0.6 is 23.4 Å². The van der Waals surface area contributed by atoms with Crippen molar-refractivity contribution in [3.63, 3.8) is 0 Å². The van der Waals surface area contributed by atoms with Gasteiger partial charge in [0.05, 0.1) is 0 Å². The Bertz CT molecular complexity index is 248. The lowest BCUT2D eigenvalue weighted by Gasteiger charge is -2.06. The van der Waals surface area contributed by atoms with Crippen molar-refractivity contribution in [2.24, 2.45) is 0 Å². The van der Waals surface area contributed by atoms with E-state index in [0.29, 0.717) is 0 Å². The first-order chi connectivity index (χ1) is 6.22. The number of benzene rings is 1. The third-order valence-electron chi connectivity index (χ3n) is 1.66. The quantitative estimate of drug-likeness (QED) is 0.564. The summed E-state index contributed by atoms with van der Waals surface area (Å²) in [7, 11) is 1.62.